The van der Waals surface area contributed by atoms with Crippen molar-refractivity contribution in [2.24, 2.45) is 0 Å². The van der Waals surface area contributed by atoms with Crippen LogP contribution >= 0.6 is 0 Å². The average Bonchev–Trinajstić information content (AvgIpc) is 2.87. The van der Waals surface area contributed by atoms with E-state index in [0.29, 0.717) is 25.2 Å². The molecule has 1 aliphatic rings. The molecule has 0 aliphatic carbocycles. The fourth-order valence-electron chi connectivity index (χ4n) is 1.94. The summed E-state index contributed by atoms with van der Waals surface area (Å²) >= 11 is 0. The number of anilines is 1. The van der Waals surface area contributed by atoms with Gasteiger partial charge in [-0.2, -0.15) is 5.10 Å². The van der Waals surface area contributed by atoms with Crippen molar-refractivity contribution in [2.45, 2.75) is 32.4 Å². The van der Waals surface area contributed by atoms with Crippen molar-refractivity contribution in [2.75, 3.05) is 11.9 Å². The summed E-state index contributed by atoms with van der Waals surface area (Å²) in [5, 5.41) is 18.4. The molecular weight excluding hydrogens is 236 g/mol. The van der Waals surface area contributed by atoms with Crippen LogP contribution in [0.3, 0.4) is 0 Å². The number of amides is 2. The molecule has 1 saturated heterocycles. The molecule has 1 unspecified atom stereocenters. The molecule has 3 N–H and O–H groups in total. The summed E-state index contributed by atoms with van der Waals surface area (Å²) in [5.74, 6) is 0.183. The molecule has 0 radical (unpaired) electrons. The van der Waals surface area contributed by atoms with E-state index in [4.69, 9.17) is 5.11 Å². The molecule has 0 aromatic carbocycles. The number of carbonyl (C=O) groups is 2. The number of aromatic nitrogens is 2. The maximum atomic E-state index is 11.9. The molecule has 2 amide bonds. The highest BCUT2D eigenvalue weighted by Gasteiger charge is 2.27. The van der Waals surface area contributed by atoms with Gasteiger partial charge in [0.05, 0.1) is 18.8 Å². The number of carbonyl (C=O) groups excluding carboxylic acids is 2. The molecule has 1 fully saturated rings. The Morgan fingerprint density at radius 3 is 3.11 bits per heavy atom. The predicted molar refractivity (Wildman–Crippen MR) is 63.8 cm³/mol. The predicted octanol–water partition coefficient (Wildman–Crippen LogP) is -0.599. The monoisotopic (exact) mass is 252 g/mol. The fraction of sp³-hybridized carbons (Fsp3) is 0.545. The van der Waals surface area contributed by atoms with Crippen LogP contribution in [-0.2, 0) is 16.1 Å². The highest BCUT2D eigenvalue weighted by atomic mass is 16.3. The molecular formula is C11H16N4O3. The number of rotatable bonds is 4. The Balaban J connectivity index is 2.04. The molecule has 98 valence electrons. The Hall–Kier alpha value is -1.89. The van der Waals surface area contributed by atoms with Gasteiger partial charge in [-0.15, -0.1) is 0 Å². The first-order chi connectivity index (χ1) is 8.60. The van der Waals surface area contributed by atoms with E-state index < -0.39 is 6.04 Å². The number of hydrogen-bond acceptors (Lipinski definition) is 4. The normalized spacial score (nSPS) is 18.8. The molecule has 1 atom stereocenters. The van der Waals surface area contributed by atoms with Crippen LogP contribution in [0.4, 0.5) is 5.82 Å². The molecule has 2 heterocycles. The molecule has 0 saturated carbocycles. The van der Waals surface area contributed by atoms with Crippen molar-refractivity contribution < 1.29 is 14.7 Å². The Kier molecular flexibility index (Phi) is 3.61. The maximum Gasteiger partial charge on any atom is 0.248 e. The maximum absolute atomic E-state index is 11.9. The number of aliphatic hydroxyl groups is 1. The van der Waals surface area contributed by atoms with Crippen LogP contribution in [0.5, 0.6) is 0 Å². The van der Waals surface area contributed by atoms with E-state index in [2.05, 4.69) is 15.7 Å². The highest BCUT2D eigenvalue weighted by molar-refractivity contribution is 5.98. The van der Waals surface area contributed by atoms with E-state index in [0.717, 1.165) is 5.69 Å². The lowest BCUT2D eigenvalue weighted by Gasteiger charge is -2.11. The van der Waals surface area contributed by atoms with Crippen molar-refractivity contribution in [1.29, 1.82) is 0 Å². The van der Waals surface area contributed by atoms with Gasteiger partial charge < -0.3 is 15.7 Å². The van der Waals surface area contributed by atoms with Gasteiger partial charge in [-0.3, -0.25) is 9.59 Å². The van der Waals surface area contributed by atoms with Crippen molar-refractivity contribution in [3.63, 3.8) is 0 Å². The second-order valence-corrected chi connectivity index (χ2v) is 4.27. The van der Waals surface area contributed by atoms with Gasteiger partial charge in [-0.05, 0) is 13.3 Å². The molecule has 1 aromatic rings. The first-order valence-electron chi connectivity index (χ1n) is 5.85. The second-order valence-electron chi connectivity index (χ2n) is 4.27. The van der Waals surface area contributed by atoms with E-state index in [-0.39, 0.29) is 18.4 Å². The van der Waals surface area contributed by atoms with Gasteiger partial charge in [0.2, 0.25) is 11.8 Å². The van der Waals surface area contributed by atoms with Gasteiger partial charge in [0.25, 0.3) is 0 Å². The zero-order valence-electron chi connectivity index (χ0n) is 10.1. The zero-order valence-corrected chi connectivity index (χ0v) is 10.1. The van der Waals surface area contributed by atoms with Crippen LogP contribution in [-0.4, -0.2) is 39.4 Å². The Morgan fingerprint density at radius 2 is 2.50 bits per heavy atom. The van der Waals surface area contributed by atoms with Gasteiger partial charge in [-0.1, -0.05) is 0 Å². The largest absolute Gasteiger partial charge is 0.394 e. The Morgan fingerprint density at radius 1 is 1.72 bits per heavy atom. The third kappa shape index (κ3) is 2.67. The van der Waals surface area contributed by atoms with E-state index in [1.54, 1.807) is 13.0 Å². The van der Waals surface area contributed by atoms with Gasteiger partial charge in [0.1, 0.15) is 11.9 Å². The third-order valence-electron chi connectivity index (χ3n) is 2.78. The molecule has 2 rings (SSSR count). The van der Waals surface area contributed by atoms with Crippen molar-refractivity contribution in [3.05, 3.63) is 11.8 Å². The summed E-state index contributed by atoms with van der Waals surface area (Å²) < 4.78 is 1.53. The lowest BCUT2D eigenvalue weighted by atomic mass is 10.2. The summed E-state index contributed by atoms with van der Waals surface area (Å²) in [6.45, 7) is 2.07. The van der Waals surface area contributed by atoms with Gasteiger partial charge in [0.15, 0.2) is 0 Å². The minimum Gasteiger partial charge on any atom is -0.394 e. The van der Waals surface area contributed by atoms with Crippen molar-refractivity contribution in [3.8, 4) is 0 Å². The van der Waals surface area contributed by atoms with E-state index in [1.807, 2.05) is 0 Å². The number of aryl methyl sites for hydroxylation is 1. The first kappa shape index (κ1) is 12.6. The second kappa shape index (κ2) is 5.18. The summed E-state index contributed by atoms with van der Waals surface area (Å²) in [6, 6.07) is 1.25. The van der Waals surface area contributed by atoms with Gasteiger partial charge >= 0.3 is 0 Å². The topological polar surface area (TPSA) is 96.2 Å². The average molecular weight is 252 g/mol. The van der Waals surface area contributed by atoms with Crippen molar-refractivity contribution >= 4 is 17.6 Å². The lowest BCUT2D eigenvalue weighted by molar-refractivity contribution is -0.122. The molecule has 0 spiro atoms. The van der Waals surface area contributed by atoms with Crippen LogP contribution in [0.2, 0.25) is 0 Å². The van der Waals surface area contributed by atoms with Crippen molar-refractivity contribution in [1.82, 2.24) is 15.1 Å². The minimum absolute atomic E-state index is 0.0514. The lowest BCUT2D eigenvalue weighted by Crippen LogP contribution is -2.37. The molecule has 7 nitrogen and oxygen atoms in total. The Bertz CT molecular complexity index is 469. The number of nitrogens with zero attached hydrogens (tertiary/aromatic N) is 2. The molecule has 7 heteroatoms. The SMILES string of the molecule is Cc1cc(NC(=O)C2CCC(=O)N2)n(CCO)n1. The summed E-state index contributed by atoms with van der Waals surface area (Å²) in [7, 11) is 0. The molecule has 18 heavy (non-hydrogen) atoms. The number of aliphatic hydroxyl groups excluding tert-OH is 1. The molecule has 1 aromatic heterocycles. The molecule has 1 aliphatic heterocycles. The number of hydrogen-bond donors (Lipinski definition) is 3. The van der Waals surface area contributed by atoms with Crippen LogP contribution < -0.4 is 10.6 Å². The van der Waals surface area contributed by atoms with E-state index in [9.17, 15) is 9.59 Å². The summed E-state index contributed by atoms with van der Waals surface area (Å²) in [5.41, 5.74) is 0.759. The third-order valence-corrected chi connectivity index (χ3v) is 2.78. The summed E-state index contributed by atoms with van der Waals surface area (Å²) in [6.07, 6.45) is 0.894. The summed E-state index contributed by atoms with van der Waals surface area (Å²) in [4.78, 5) is 22.9. The fourth-order valence-corrected chi connectivity index (χ4v) is 1.94. The van der Waals surface area contributed by atoms with Crippen LogP contribution in [0.1, 0.15) is 18.5 Å². The van der Waals surface area contributed by atoms with Crippen LogP contribution in [0, 0.1) is 6.92 Å². The first-order valence-corrected chi connectivity index (χ1v) is 5.85. The standard InChI is InChI=1S/C11H16N4O3/c1-7-6-9(15(14-7)4-5-16)13-11(18)8-2-3-10(17)12-8/h6,8,16H,2-5H2,1H3,(H,12,17)(H,13,18). The van der Waals surface area contributed by atoms with Gasteiger partial charge in [0, 0.05) is 12.5 Å². The minimum atomic E-state index is -0.477. The number of nitrogens with one attached hydrogen (secondary N) is 2. The van der Waals surface area contributed by atoms with Gasteiger partial charge in [-0.25, -0.2) is 4.68 Å². The highest BCUT2D eigenvalue weighted by Crippen LogP contribution is 2.13. The Labute approximate surface area is 104 Å². The van der Waals surface area contributed by atoms with Crippen LogP contribution in [0.25, 0.3) is 0 Å². The van der Waals surface area contributed by atoms with Crippen LogP contribution in [0.15, 0.2) is 6.07 Å². The quantitative estimate of drug-likeness (QED) is 0.666. The smallest absolute Gasteiger partial charge is 0.248 e. The zero-order chi connectivity index (χ0) is 13.1. The molecule has 0 bridgehead atoms. The van der Waals surface area contributed by atoms with E-state index >= 15 is 0 Å². The van der Waals surface area contributed by atoms with E-state index in [1.165, 1.54) is 4.68 Å².